The van der Waals surface area contributed by atoms with Gasteiger partial charge < -0.3 is 14.8 Å². The smallest absolute Gasteiger partial charge is 0.161 e. The Labute approximate surface area is 123 Å². The number of hydrogen-bond acceptors (Lipinski definition) is 4. The number of nitrogens with one attached hydrogen (secondary N) is 1. The Kier molecular flexibility index (Phi) is 4.69. The molecule has 0 radical (unpaired) electrons. The maximum atomic E-state index is 6.04. The molecule has 20 heavy (non-hydrogen) atoms. The lowest BCUT2D eigenvalue weighted by atomic mass is 10.1. The molecule has 0 bridgehead atoms. The molecule has 2 rings (SSSR count). The van der Waals surface area contributed by atoms with Gasteiger partial charge in [0.05, 0.1) is 19.9 Å². The van der Waals surface area contributed by atoms with E-state index in [-0.39, 0.29) is 6.04 Å². The van der Waals surface area contributed by atoms with Gasteiger partial charge in [0.25, 0.3) is 0 Å². The zero-order valence-corrected chi connectivity index (χ0v) is 12.4. The predicted molar refractivity (Wildman–Crippen MR) is 80.8 cm³/mol. The Morgan fingerprint density at radius 2 is 1.90 bits per heavy atom. The van der Waals surface area contributed by atoms with Gasteiger partial charge in [0, 0.05) is 12.2 Å². The summed E-state index contributed by atoms with van der Waals surface area (Å²) in [4.78, 5) is 4.05. The Bertz CT molecular complexity index is 590. The summed E-state index contributed by atoms with van der Waals surface area (Å²) in [5.41, 5.74) is 1.87. The van der Waals surface area contributed by atoms with E-state index in [0.29, 0.717) is 16.7 Å². The van der Waals surface area contributed by atoms with Crippen LogP contribution in [0.3, 0.4) is 0 Å². The number of halogens is 1. The highest BCUT2D eigenvalue weighted by Gasteiger charge is 2.11. The first kappa shape index (κ1) is 14.5. The van der Waals surface area contributed by atoms with Crippen molar-refractivity contribution in [3.63, 3.8) is 0 Å². The molecule has 1 atom stereocenters. The molecule has 1 unspecified atom stereocenters. The Morgan fingerprint density at radius 3 is 2.55 bits per heavy atom. The van der Waals surface area contributed by atoms with Gasteiger partial charge in [-0.25, -0.2) is 4.98 Å². The molecule has 2 aromatic rings. The second-order valence-electron chi connectivity index (χ2n) is 4.32. The predicted octanol–water partition coefficient (Wildman–Crippen LogP) is 3.93. The second kappa shape index (κ2) is 6.48. The van der Waals surface area contributed by atoms with E-state index in [9.17, 15) is 0 Å². The van der Waals surface area contributed by atoms with Gasteiger partial charge in [0.1, 0.15) is 0 Å². The summed E-state index contributed by atoms with van der Waals surface area (Å²) in [6.45, 7) is 2.05. The summed E-state index contributed by atoms with van der Waals surface area (Å²) >= 11 is 6.04. The summed E-state index contributed by atoms with van der Waals surface area (Å²) in [6.07, 6.45) is 1.66. The number of pyridine rings is 1. The van der Waals surface area contributed by atoms with Crippen LogP contribution in [0.25, 0.3) is 0 Å². The van der Waals surface area contributed by atoms with E-state index in [1.807, 2.05) is 37.3 Å². The number of anilines is 1. The van der Waals surface area contributed by atoms with Crippen molar-refractivity contribution in [3.05, 3.63) is 47.2 Å². The monoisotopic (exact) mass is 292 g/mol. The molecule has 0 aliphatic heterocycles. The van der Waals surface area contributed by atoms with Crippen molar-refractivity contribution in [2.24, 2.45) is 0 Å². The minimum Gasteiger partial charge on any atom is -0.493 e. The van der Waals surface area contributed by atoms with Gasteiger partial charge in [0.2, 0.25) is 0 Å². The molecular weight excluding hydrogens is 276 g/mol. The first-order valence-corrected chi connectivity index (χ1v) is 6.62. The van der Waals surface area contributed by atoms with Crippen molar-refractivity contribution in [1.29, 1.82) is 0 Å². The number of benzene rings is 1. The van der Waals surface area contributed by atoms with Crippen LogP contribution in [0.5, 0.6) is 11.5 Å². The van der Waals surface area contributed by atoms with Gasteiger partial charge in [0.15, 0.2) is 16.7 Å². The molecule has 106 valence electrons. The molecule has 0 aliphatic carbocycles. The normalized spacial score (nSPS) is 11.8. The van der Waals surface area contributed by atoms with Crippen molar-refractivity contribution >= 4 is 17.3 Å². The van der Waals surface area contributed by atoms with E-state index < -0.39 is 0 Å². The van der Waals surface area contributed by atoms with Crippen LogP contribution in [0.4, 0.5) is 5.69 Å². The van der Waals surface area contributed by atoms with Gasteiger partial charge >= 0.3 is 0 Å². The van der Waals surface area contributed by atoms with Crippen LogP contribution in [-0.4, -0.2) is 19.2 Å². The maximum Gasteiger partial charge on any atom is 0.161 e. The van der Waals surface area contributed by atoms with Crippen molar-refractivity contribution < 1.29 is 9.47 Å². The standard InChI is InChI=1S/C15H17ClN2O2/c1-10(18-12-5-4-8-17-15(12)16)11-6-7-13(19-2)14(9-11)20-3/h4-10,18H,1-3H3. The largest absolute Gasteiger partial charge is 0.493 e. The summed E-state index contributed by atoms with van der Waals surface area (Å²) in [5, 5.41) is 3.78. The quantitative estimate of drug-likeness (QED) is 0.848. The fourth-order valence-electron chi connectivity index (χ4n) is 1.93. The van der Waals surface area contributed by atoms with Crippen molar-refractivity contribution in [2.75, 3.05) is 19.5 Å². The van der Waals surface area contributed by atoms with E-state index in [1.54, 1.807) is 20.4 Å². The van der Waals surface area contributed by atoms with E-state index in [4.69, 9.17) is 21.1 Å². The van der Waals surface area contributed by atoms with Crippen LogP contribution < -0.4 is 14.8 Å². The molecule has 0 spiro atoms. The van der Waals surface area contributed by atoms with Gasteiger partial charge in [-0.15, -0.1) is 0 Å². The number of hydrogen-bond donors (Lipinski definition) is 1. The summed E-state index contributed by atoms with van der Waals surface area (Å²) in [7, 11) is 3.24. The van der Waals surface area contributed by atoms with Gasteiger partial charge in [-0.2, -0.15) is 0 Å². The van der Waals surface area contributed by atoms with E-state index >= 15 is 0 Å². The highest BCUT2D eigenvalue weighted by molar-refractivity contribution is 6.31. The fourth-order valence-corrected chi connectivity index (χ4v) is 2.11. The first-order valence-electron chi connectivity index (χ1n) is 6.24. The van der Waals surface area contributed by atoms with Crippen LogP contribution in [0.2, 0.25) is 5.15 Å². The zero-order valence-electron chi connectivity index (χ0n) is 11.7. The molecule has 4 nitrogen and oxygen atoms in total. The van der Waals surface area contributed by atoms with Crippen LogP contribution >= 0.6 is 11.6 Å². The molecule has 1 N–H and O–H groups in total. The van der Waals surface area contributed by atoms with Gasteiger partial charge in [-0.1, -0.05) is 17.7 Å². The summed E-state index contributed by atoms with van der Waals surface area (Å²) < 4.78 is 10.5. The SMILES string of the molecule is COc1ccc(C(C)Nc2cccnc2Cl)cc1OC. The average molecular weight is 293 g/mol. The Morgan fingerprint density at radius 1 is 1.15 bits per heavy atom. The lowest BCUT2D eigenvalue weighted by molar-refractivity contribution is 0.354. The highest BCUT2D eigenvalue weighted by atomic mass is 35.5. The first-order chi connectivity index (χ1) is 9.65. The maximum absolute atomic E-state index is 6.04. The van der Waals surface area contributed by atoms with Crippen LogP contribution in [0.15, 0.2) is 36.5 Å². The molecule has 1 aromatic heterocycles. The van der Waals surface area contributed by atoms with Crippen molar-refractivity contribution in [3.8, 4) is 11.5 Å². The third kappa shape index (κ3) is 3.14. The molecule has 5 heteroatoms. The molecule has 0 saturated heterocycles. The highest BCUT2D eigenvalue weighted by Crippen LogP contribution is 2.31. The number of nitrogens with zero attached hydrogens (tertiary/aromatic N) is 1. The van der Waals surface area contributed by atoms with Crippen LogP contribution in [0.1, 0.15) is 18.5 Å². The molecule has 1 heterocycles. The van der Waals surface area contributed by atoms with E-state index in [2.05, 4.69) is 10.3 Å². The second-order valence-corrected chi connectivity index (χ2v) is 4.68. The van der Waals surface area contributed by atoms with E-state index in [1.165, 1.54) is 0 Å². The third-order valence-corrected chi connectivity index (χ3v) is 3.34. The topological polar surface area (TPSA) is 43.4 Å². The zero-order chi connectivity index (χ0) is 14.5. The molecule has 0 saturated carbocycles. The minimum absolute atomic E-state index is 0.0662. The van der Waals surface area contributed by atoms with Crippen LogP contribution in [0, 0.1) is 0 Å². The number of ether oxygens (including phenoxy) is 2. The van der Waals surface area contributed by atoms with E-state index in [0.717, 1.165) is 11.3 Å². The third-order valence-electron chi connectivity index (χ3n) is 3.04. The number of methoxy groups -OCH3 is 2. The number of rotatable bonds is 5. The minimum atomic E-state index is 0.0662. The Hall–Kier alpha value is -1.94. The molecule has 0 aliphatic rings. The lowest BCUT2D eigenvalue weighted by Crippen LogP contribution is -2.07. The molecule has 0 fully saturated rings. The average Bonchev–Trinajstić information content (AvgIpc) is 2.48. The fraction of sp³-hybridized carbons (Fsp3) is 0.267. The molecular formula is C15H17ClN2O2. The number of aromatic nitrogens is 1. The van der Waals surface area contributed by atoms with Gasteiger partial charge in [-0.3, -0.25) is 0 Å². The summed E-state index contributed by atoms with van der Waals surface area (Å²) in [6, 6.07) is 9.63. The van der Waals surface area contributed by atoms with Gasteiger partial charge in [-0.05, 0) is 36.8 Å². The molecule has 0 amide bonds. The van der Waals surface area contributed by atoms with Crippen molar-refractivity contribution in [1.82, 2.24) is 4.98 Å². The lowest BCUT2D eigenvalue weighted by Gasteiger charge is -2.18. The molecule has 1 aromatic carbocycles. The van der Waals surface area contributed by atoms with Crippen LogP contribution in [-0.2, 0) is 0 Å². The summed E-state index contributed by atoms with van der Waals surface area (Å²) in [5.74, 6) is 1.42. The Balaban J connectivity index is 2.21. The van der Waals surface area contributed by atoms with Crippen molar-refractivity contribution in [2.45, 2.75) is 13.0 Å².